The van der Waals surface area contributed by atoms with Crippen molar-refractivity contribution in [1.82, 2.24) is 0 Å². The number of fused-ring (bicyclic) bond motifs is 1. The highest BCUT2D eigenvalue weighted by atomic mass is 32.2. The van der Waals surface area contributed by atoms with Gasteiger partial charge in [-0.25, -0.2) is 13.4 Å². The summed E-state index contributed by atoms with van der Waals surface area (Å²) in [6.45, 7) is 0. The summed E-state index contributed by atoms with van der Waals surface area (Å²) in [7, 11) is -3.59. The lowest BCUT2D eigenvalue weighted by Crippen LogP contribution is -2.06. The number of aliphatic imine (C=N–C) groups is 1. The molecule has 4 nitrogen and oxygen atoms in total. The van der Waals surface area contributed by atoms with Gasteiger partial charge in [-0.1, -0.05) is 42.5 Å². The van der Waals surface area contributed by atoms with E-state index in [9.17, 15) is 8.42 Å². The fraction of sp³-hybridized carbons (Fsp3) is 0.125. The Morgan fingerprint density at radius 3 is 2.31 bits per heavy atom. The Bertz CT molecular complexity index is 1150. The summed E-state index contributed by atoms with van der Waals surface area (Å²) in [5.41, 5.74) is 3.40. The molecule has 0 N–H and O–H groups in total. The van der Waals surface area contributed by atoms with Gasteiger partial charge in [0.1, 0.15) is 5.75 Å². The average Bonchev–Trinajstić information content (AvgIpc) is 3.21. The average molecular weight is 404 g/mol. The number of aryl methyl sites for hydroxylation is 2. The van der Waals surface area contributed by atoms with Gasteiger partial charge >= 0.3 is 0 Å². The first-order valence-electron chi connectivity index (χ1n) is 9.52. The van der Waals surface area contributed by atoms with Crippen molar-refractivity contribution in [3.05, 3.63) is 101 Å². The van der Waals surface area contributed by atoms with Crippen LogP contribution in [-0.4, -0.2) is 14.3 Å². The van der Waals surface area contributed by atoms with Gasteiger partial charge in [0, 0.05) is 11.5 Å². The number of nitrogens with zero attached hydrogens (tertiary/aromatic N) is 1. The molecule has 3 aromatic carbocycles. The lowest BCUT2D eigenvalue weighted by molar-refractivity contribution is 0.555. The van der Waals surface area contributed by atoms with Crippen LogP contribution in [0.3, 0.4) is 0 Å². The monoisotopic (exact) mass is 403 g/mol. The number of rotatable bonds is 5. The molecule has 0 saturated carbocycles. The predicted octanol–water partition coefficient (Wildman–Crippen LogP) is 5.27. The molecule has 146 valence electrons. The van der Waals surface area contributed by atoms with E-state index in [-0.39, 0.29) is 10.8 Å². The van der Waals surface area contributed by atoms with Gasteiger partial charge in [-0.15, -0.1) is 0 Å². The smallest absolute Gasteiger partial charge is 0.220 e. The molecule has 0 spiro atoms. The highest BCUT2D eigenvalue weighted by Crippen LogP contribution is 2.26. The first-order valence-corrected chi connectivity index (χ1v) is 11.1. The molecule has 0 bridgehead atoms. The zero-order chi connectivity index (χ0) is 20.1. The zero-order valence-corrected chi connectivity index (χ0v) is 16.7. The molecule has 0 saturated heterocycles. The largest absolute Gasteiger partial charge is 0.439 e. The molecule has 0 radical (unpaired) electrons. The second-order valence-corrected chi connectivity index (χ2v) is 8.67. The predicted molar refractivity (Wildman–Crippen MR) is 115 cm³/mol. The molecule has 1 aliphatic rings. The van der Waals surface area contributed by atoms with Gasteiger partial charge in [0.2, 0.25) is 5.90 Å². The third-order valence-corrected chi connectivity index (χ3v) is 6.17. The molecule has 29 heavy (non-hydrogen) atoms. The van der Waals surface area contributed by atoms with Crippen LogP contribution in [0.5, 0.6) is 5.75 Å². The van der Waals surface area contributed by atoms with Crippen LogP contribution in [0.4, 0.5) is 5.69 Å². The van der Waals surface area contributed by atoms with E-state index in [2.05, 4.69) is 17.1 Å². The van der Waals surface area contributed by atoms with Gasteiger partial charge in [0.25, 0.3) is 0 Å². The van der Waals surface area contributed by atoms with Crippen molar-refractivity contribution in [2.45, 2.75) is 24.2 Å². The third-order valence-electron chi connectivity index (χ3n) is 4.75. The summed E-state index contributed by atoms with van der Waals surface area (Å²) in [6, 6.07) is 23.6. The van der Waals surface area contributed by atoms with Crippen molar-refractivity contribution in [2.24, 2.45) is 4.99 Å². The second-order valence-electron chi connectivity index (χ2n) is 6.83. The summed E-state index contributed by atoms with van der Waals surface area (Å²) in [4.78, 5) is 4.80. The molecule has 0 unspecified atom stereocenters. The number of ether oxygens (including phenoxy) is 1. The quantitative estimate of drug-likeness (QED) is 0.431. The fourth-order valence-electron chi connectivity index (χ4n) is 3.29. The minimum absolute atomic E-state index is 0.216. The second kappa shape index (κ2) is 8.45. The molecular formula is C24H21NO3S. The Morgan fingerprint density at radius 1 is 0.862 bits per heavy atom. The summed E-state index contributed by atoms with van der Waals surface area (Å²) in [5.74, 6) is 0.808. The number of benzene rings is 3. The molecule has 0 amide bonds. The Morgan fingerprint density at radius 2 is 1.55 bits per heavy atom. The van der Waals surface area contributed by atoms with E-state index in [1.165, 1.54) is 17.2 Å². The SMILES string of the molecule is O=S(=O)(/C=C/C(=Nc1ccc2c(c1)CCC2)Oc1ccccc1)c1ccccc1. The third kappa shape index (κ3) is 4.81. The van der Waals surface area contributed by atoms with E-state index in [1.807, 2.05) is 24.3 Å². The van der Waals surface area contributed by atoms with E-state index in [0.29, 0.717) is 5.75 Å². The van der Waals surface area contributed by atoms with Crippen molar-refractivity contribution >= 4 is 21.4 Å². The van der Waals surface area contributed by atoms with Gasteiger partial charge in [0.05, 0.1) is 10.6 Å². The van der Waals surface area contributed by atoms with Gasteiger partial charge in [0.15, 0.2) is 9.84 Å². The molecule has 0 aromatic heterocycles. The topological polar surface area (TPSA) is 55.7 Å². The van der Waals surface area contributed by atoms with Gasteiger partial charge in [-0.3, -0.25) is 0 Å². The maximum Gasteiger partial charge on any atom is 0.220 e. The number of hydrogen-bond acceptors (Lipinski definition) is 4. The van der Waals surface area contributed by atoms with E-state index < -0.39 is 9.84 Å². The molecule has 0 atom stereocenters. The molecule has 0 fully saturated rings. The standard InChI is InChI=1S/C24H21NO3S/c26-29(27,23-12-5-2-6-13-23)17-16-24(28-22-10-3-1-4-11-22)25-21-15-14-19-8-7-9-20(19)18-21/h1-6,10-18H,7-9H2/b17-16+,25-24?. The fourth-order valence-corrected chi connectivity index (χ4v) is 4.28. The summed E-state index contributed by atoms with van der Waals surface area (Å²) in [6.07, 6.45) is 4.71. The van der Waals surface area contributed by atoms with Crippen LogP contribution in [0.1, 0.15) is 17.5 Å². The van der Waals surface area contributed by atoms with Gasteiger partial charge in [-0.05, 0) is 66.8 Å². The van der Waals surface area contributed by atoms with E-state index in [0.717, 1.165) is 30.4 Å². The maximum atomic E-state index is 12.6. The maximum absolute atomic E-state index is 12.6. The summed E-state index contributed by atoms with van der Waals surface area (Å²) < 4.78 is 31.1. The molecule has 4 rings (SSSR count). The zero-order valence-electron chi connectivity index (χ0n) is 15.9. The molecule has 0 heterocycles. The lowest BCUT2D eigenvalue weighted by Gasteiger charge is -2.07. The van der Waals surface area contributed by atoms with E-state index in [4.69, 9.17) is 4.74 Å². The Labute approximate surface area is 171 Å². The van der Waals surface area contributed by atoms with Crippen molar-refractivity contribution in [2.75, 3.05) is 0 Å². The lowest BCUT2D eigenvalue weighted by atomic mass is 10.1. The van der Waals surface area contributed by atoms with Crippen molar-refractivity contribution in [3.8, 4) is 5.75 Å². The van der Waals surface area contributed by atoms with Gasteiger partial charge < -0.3 is 4.74 Å². The Balaban J connectivity index is 1.67. The molecule has 3 aromatic rings. The normalized spacial score (nSPS) is 14.1. The molecular weight excluding hydrogens is 382 g/mol. The summed E-state index contributed by atoms with van der Waals surface area (Å²) in [5, 5.41) is 1.14. The highest BCUT2D eigenvalue weighted by Gasteiger charge is 2.12. The van der Waals surface area contributed by atoms with Crippen LogP contribution in [-0.2, 0) is 22.7 Å². The van der Waals surface area contributed by atoms with E-state index in [1.54, 1.807) is 42.5 Å². The van der Waals surface area contributed by atoms with Crippen LogP contribution >= 0.6 is 0 Å². The number of sulfone groups is 1. The molecule has 0 aliphatic heterocycles. The first kappa shape index (κ1) is 19.2. The minimum Gasteiger partial charge on any atom is -0.439 e. The van der Waals surface area contributed by atoms with Crippen molar-refractivity contribution in [1.29, 1.82) is 0 Å². The first-order chi connectivity index (χ1) is 14.1. The van der Waals surface area contributed by atoms with Crippen LogP contribution in [0.15, 0.2) is 100 Å². The van der Waals surface area contributed by atoms with Gasteiger partial charge in [-0.2, -0.15) is 0 Å². The minimum atomic E-state index is -3.59. The van der Waals surface area contributed by atoms with Crippen LogP contribution < -0.4 is 4.74 Å². The van der Waals surface area contributed by atoms with Crippen LogP contribution in [0, 0.1) is 0 Å². The molecule has 5 heteroatoms. The van der Waals surface area contributed by atoms with E-state index >= 15 is 0 Å². The number of hydrogen-bond donors (Lipinski definition) is 0. The Kier molecular flexibility index (Phi) is 5.58. The van der Waals surface area contributed by atoms with Crippen LogP contribution in [0.2, 0.25) is 0 Å². The van der Waals surface area contributed by atoms with Crippen LogP contribution in [0.25, 0.3) is 0 Å². The Hall–Kier alpha value is -3.18. The highest BCUT2D eigenvalue weighted by molar-refractivity contribution is 7.94. The van der Waals surface area contributed by atoms with Crippen molar-refractivity contribution < 1.29 is 13.2 Å². The summed E-state index contributed by atoms with van der Waals surface area (Å²) >= 11 is 0. The van der Waals surface area contributed by atoms with Crippen molar-refractivity contribution in [3.63, 3.8) is 0 Å². The molecule has 1 aliphatic carbocycles. The number of para-hydroxylation sites is 1.